The van der Waals surface area contributed by atoms with Crippen LogP contribution in [0.4, 0.5) is 30.6 Å². The third kappa shape index (κ3) is 6.41. The Morgan fingerprint density at radius 3 is 2.49 bits per heavy atom. The molecular weight excluding hydrogens is 513 g/mol. The van der Waals surface area contributed by atoms with Crippen molar-refractivity contribution in [2.24, 2.45) is 5.41 Å². The summed E-state index contributed by atoms with van der Waals surface area (Å²) in [7, 11) is 1.45. The number of hydrogen-bond donors (Lipinski definition) is 3. The maximum atomic E-state index is 13.9. The first kappa shape index (κ1) is 27.7. The van der Waals surface area contributed by atoms with Crippen molar-refractivity contribution in [1.29, 1.82) is 5.41 Å². The van der Waals surface area contributed by atoms with Crippen LogP contribution < -0.4 is 15.5 Å². The molecule has 39 heavy (non-hydrogen) atoms. The van der Waals surface area contributed by atoms with Crippen molar-refractivity contribution < 1.29 is 22.7 Å². The molecule has 206 valence electrons. The number of carbonyl (C=O) groups excluding carboxylic acids is 1. The molecule has 3 aromatic rings. The van der Waals surface area contributed by atoms with Crippen LogP contribution >= 0.6 is 0 Å². The van der Waals surface area contributed by atoms with Gasteiger partial charge in [0.2, 0.25) is 5.95 Å². The predicted molar refractivity (Wildman–Crippen MR) is 141 cm³/mol. The highest BCUT2D eigenvalue weighted by atomic mass is 19.4. The summed E-state index contributed by atoms with van der Waals surface area (Å²) in [6.07, 6.45) is 1.33. The number of rotatable bonds is 6. The minimum absolute atomic E-state index is 0.0384. The minimum Gasteiger partial charge on any atom is -0.500 e. The van der Waals surface area contributed by atoms with Gasteiger partial charge in [-0.2, -0.15) is 13.2 Å². The number of fused-ring (bicyclic) bond motifs is 1. The van der Waals surface area contributed by atoms with E-state index in [0.29, 0.717) is 17.2 Å². The zero-order valence-corrected chi connectivity index (χ0v) is 22.0. The van der Waals surface area contributed by atoms with Crippen LogP contribution in [0.2, 0.25) is 0 Å². The summed E-state index contributed by atoms with van der Waals surface area (Å²) in [4.78, 5) is 32.0. The van der Waals surface area contributed by atoms with E-state index in [2.05, 4.69) is 30.6 Å². The second kappa shape index (κ2) is 10.8. The SMILES string of the molecule is CO/C(=C\C(=N)NC(=O)c1ccc(C(F)(F)F)c(Nc2ncnc3cnc(N4CCCC4)nc23)c1)C(C)(C)C. The molecular formula is C26H29F3N8O2. The molecule has 0 saturated carbocycles. The van der Waals surface area contributed by atoms with E-state index in [4.69, 9.17) is 10.1 Å². The van der Waals surface area contributed by atoms with E-state index in [1.54, 1.807) is 0 Å². The molecule has 0 aliphatic carbocycles. The lowest BCUT2D eigenvalue weighted by molar-refractivity contribution is -0.136. The molecule has 0 atom stereocenters. The Labute approximate surface area is 223 Å². The summed E-state index contributed by atoms with van der Waals surface area (Å²) < 4.78 is 47.0. The molecule has 13 heteroatoms. The molecule has 1 aromatic carbocycles. The van der Waals surface area contributed by atoms with Gasteiger partial charge >= 0.3 is 6.18 Å². The Kier molecular flexibility index (Phi) is 7.70. The van der Waals surface area contributed by atoms with Gasteiger partial charge in [-0.05, 0) is 31.0 Å². The number of amides is 1. The fourth-order valence-electron chi connectivity index (χ4n) is 4.11. The molecule has 3 heterocycles. The van der Waals surface area contributed by atoms with E-state index in [9.17, 15) is 18.0 Å². The number of alkyl halides is 3. The maximum Gasteiger partial charge on any atom is 0.418 e. The summed E-state index contributed by atoms with van der Waals surface area (Å²) >= 11 is 0. The molecule has 0 unspecified atom stereocenters. The van der Waals surface area contributed by atoms with Gasteiger partial charge in [0.1, 0.15) is 29.0 Å². The minimum atomic E-state index is -4.72. The number of nitrogens with zero attached hydrogens (tertiary/aromatic N) is 5. The number of benzene rings is 1. The number of ether oxygens (including phenoxy) is 1. The van der Waals surface area contributed by atoms with Crippen molar-refractivity contribution in [1.82, 2.24) is 25.3 Å². The average Bonchev–Trinajstić information content (AvgIpc) is 3.41. The Morgan fingerprint density at radius 1 is 1.13 bits per heavy atom. The van der Waals surface area contributed by atoms with Crippen molar-refractivity contribution in [3.8, 4) is 0 Å². The molecule has 1 amide bonds. The average molecular weight is 543 g/mol. The fourth-order valence-corrected chi connectivity index (χ4v) is 4.11. The number of carbonyl (C=O) groups is 1. The maximum absolute atomic E-state index is 13.9. The van der Waals surface area contributed by atoms with Crippen LogP contribution in [0.1, 0.15) is 49.5 Å². The molecule has 0 radical (unpaired) electrons. The van der Waals surface area contributed by atoms with Gasteiger partial charge in [0, 0.05) is 30.1 Å². The van der Waals surface area contributed by atoms with Gasteiger partial charge in [0.05, 0.1) is 24.6 Å². The van der Waals surface area contributed by atoms with Crippen LogP contribution in [-0.2, 0) is 10.9 Å². The largest absolute Gasteiger partial charge is 0.500 e. The zero-order chi connectivity index (χ0) is 28.4. The van der Waals surface area contributed by atoms with Gasteiger partial charge < -0.3 is 20.3 Å². The Hall–Kier alpha value is -4.29. The topological polar surface area (TPSA) is 129 Å². The Bertz CT molecular complexity index is 1430. The number of aromatic nitrogens is 4. The van der Waals surface area contributed by atoms with Gasteiger partial charge in [-0.25, -0.2) is 19.9 Å². The second-order valence-corrected chi connectivity index (χ2v) is 10.0. The summed E-state index contributed by atoms with van der Waals surface area (Å²) in [6.45, 7) is 7.19. The van der Waals surface area contributed by atoms with E-state index >= 15 is 0 Å². The van der Waals surface area contributed by atoms with E-state index in [1.165, 1.54) is 25.7 Å². The Morgan fingerprint density at radius 2 is 1.85 bits per heavy atom. The first-order chi connectivity index (χ1) is 18.4. The fraction of sp³-hybridized carbons (Fsp3) is 0.385. The molecule has 1 aliphatic heterocycles. The van der Waals surface area contributed by atoms with Crippen LogP contribution in [0.3, 0.4) is 0 Å². The van der Waals surface area contributed by atoms with Crippen molar-refractivity contribution in [3.63, 3.8) is 0 Å². The molecule has 2 aromatic heterocycles. The van der Waals surface area contributed by atoms with Gasteiger partial charge in [-0.1, -0.05) is 20.8 Å². The zero-order valence-electron chi connectivity index (χ0n) is 22.0. The molecule has 4 rings (SSSR count). The second-order valence-electron chi connectivity index (χ2n) is 10.0. The van der Waals surface area contributed by atoms with E-state index < -0.39 is 28.7 Å². The summed E-state index contributed by atoms with van der Waals surface area (Å²) in [5, 5.41) is 13.2. The third-order valence-electron chi connectivity index (χ3n) is 6.08. The number of anilines is 3. The molecule has 1 saturated heterocycles. The first-order valence-electron chi connectivity index (χ1n) is 12.2. The smallest absolute Gasteiger partial charge is 0.418 e. The number of allylic oxidation sites excluding steroid dienone is 1. The lowest BCUT2D eigenvalue weighted by Gasteiger charge is -2.21. The molecule has 10 nitrogen and oxygen atoms in total. The highest BCUT2D eigenvalue weighted by Gasteiger charge is 2.34. The number of hydrogen-bond acceptors (Lipinski definition) is 9. The first-order valence-corrected chi connectivity index (χ1v) is 12.2. The van der Waals surface area contributed by atoms with E-state index in [-0.39, 0.29) is 22.7 Å². The van der Waals surface area contributed by atoms with Crippen LogP contribution in [-0.4, -0.2) is 51.9 Å². The van der Waals surface area contributed by atoms with E-state index in [1.807, 2.05) is 25.7 Å². The van der Waals surface area contributed by atoms with Crippen molar-refractivity contribution in [2.75, 3.05) is 30.4 Å². The predicted octanol–water partition coefficient (Wildman–Crippen LogP) is 5.07. The quantitative estimate of drug-likeness (QED) is 0.224. The number of nitrogens with one attached hydrogen (secondary N) is 3. The molecule has 1 aliphatic rings. The normalized spacial score (nSPS) is 14.4. The molecule has 3 N–H and O–H groups in total. The number of methoxy groups -OCH3 is 1. The standard InChI is InChI=1S/C26H29F3N8O2/c1-25(2,3)19(39-4)12-20(30)35-23(38)15-7-8-16(26(27,28)29)17(11-15)34-22-21-18(32-14-33-22)13-31-24(36-21)37-9-5-6-10-37/h7-8,11-14H,5-6,9-10H2,1-4H3,(H2,30,35,38)(H,32,33,34)/b19-12-. The van der Waals surface area contributed by atoms with Gasteiger partial charge in [-0.3, -0.25) is 10.2 Å². The summed E-state index contributed by atoms with van der Waals surface area (Å²) in [5.41, 5.74) is -1.31. The van der Waals surface area contributed by atoms with Gasteiger partial charge in [-0.15, -0.1) is 0 Å². The highest BCUT2D eigenvalue weighted by Crippen LogP contribution is 2.37. The third-order valence-corrected chi connectivity index (χ3v) is 6.08. The number of amidine groups is 1. The van der Waals surface area contributed by atoms with Gasteiger partial charge in [0.15, 0.2) is 5.82 Å². The van der Waals surface area contributed by atoms with Crippen molar-refractivity contribution in [3.05, 3.63) is 53.7 Å². The highest BCUT2D eigenvalue weighted by molar-refractivity contribution is 6.09. The van der Waals surface area contributed by atoms with Crippen molar-refractivity contribution >= 4 is 40.2 Å². The van der Waals surface area contributed by atoms with Crippen LogP contribution in [0.5, 0.6) is 0 Å². The molecule has 0 bridgehead atoms. The summed E-state index contributed by atoms with van der Waals surface area (Å²) in [5.74, 6) is -0.0954. The van der Waals surface area contributed by atoms with Crippen LogP contribution in [0.25, 0.3) is 11.0 Å². The van der Waals surface area contributed by atoms with Crippen LogP contribution in [0.15, 0.2) is 42.6 Å². The summed E-state index contributed by atoms with van der Waals surface area (Å²) in [6, 6.07) is 2.92. The van der Waals surface area contributed by atoms with Crippen molar-refractivity contribution in [2.45, 2.75) is 39.8 Å². The molecule has 0 spiro atoms. The molecule has 1 fully saturated rings. The monoisotopic (exact) mass is 542 g/mol. The lowest BCUT2D eigenvalue weighted by Crippen LogP contribution is -2.29. The Balaban J connectivity index is 1.67. The lowest BCUT2D eigenvalue weighted by atomic mass is 9.93. The van der Waals surface area contributed by atoms with E-state index in [0.717, 1.165) is 44.1 Å². The van der Waals surface area contributed by atoms with Crippen LogP contribution in [0, 0.1) is 10.8 Å². The van der Waals surface area contributed by atoms with Gasteiger partial charge in [0.25, 0.3) is 5.91 Å². The number of halogens is 3.